The Morgan fingerprint density at radius 3 is 1.61 bits per heavy atom. The minimum Gasteiger partial charge on any atom is -0.491 e. The van der Waals surface area contributed by atoms with E-state index >= 15 is 4.39 Å². The predicted molar refractivity (Wildman–Crippen MR) is 291 cm³/mol. The molecule has 12 nitrogen and oxygen atoms in total. The Morgan fingerprint density at radius 1 is 0.560 bits per heavy atom. The quantitative estimate of drug-likeness (QED) is 0.171. The number of hydrogen-bond donors (Lipinski definition) is 2. The van der Waals surface area contributed by atoms with E-state index in [0.717, 1.165) is 151 Å². The number of piperidine rings is 1. The van der Waals surface area contributed by atoms with Crippen molar-refractivity contribution in [3.05, 3.63) is 165 Å². The van der Waals surface area contributed by atoms with Crippen molar-refractivity contribution in [1.82, 2.24) is 39.5 Å². The maximum absolute atomic E-state index is 16.3. The Hall–Kier alpha value is -7.67. The highest BCUT2D eigenvalue weighted by atomic mass is 19.1. The smallest absolute Gasteiger partial charge is 0.320 e. The van der Waals surface area contributed by atoms with E-state index in [-0.39, 0.29) is 30.0 Å². The van der Waals surface area contributed by atoms with Gasteiger partial charge >= 0.3 is 12.1 Å². The first-order chi connectivity index (χ1) is 36.5. The lowest BCUT2D eigenvalue weighted by Gasteiger charge is -2.39. The van der Waals surface area contributed by atoms with Crippen LogP contribution in [0.1, 0.15) is 113 Å². The Labute approximate surface area is 437 Å². The molecule has 4 aliphatic rings. The molecule has 4 aliphatic heterocycles. The third-order valence-electron chi connectivity index (χ3n) is 16.0. The van der Waals surface area contributed by atoms with Gasteiger partial charge in [0.25, 0.3) is 0 Å². The molecular weight excluding hydrogens is 940 g/mol. The number of nitrogens with one attached hydrogen (secondary N) is 2. The van der Waals surface area contributed by atoms with Crippen LogP contribution in [0.4, 0.5) is 14.0 Å². The minimum atomic E-state index is -0.266. The largest absolute Gasteiger partial charge is 0.491 e. The van der Waals surface area contributed by atoms with Gasteiger partial charge in [-0.2, -0.15) is 0 Å². The lowest BCUT2D eigenvalue weighted by Crippen LogP contribution is -2.47. The van der Waals surface area contributed by atoms with E-state index < -0.39 is 0 Å². The number of halogens is 1. The zero-order valence-electron chi connectivity index (χ0n) is 43.5. The molecule has 0 saturated carbocycles. The van der Waals surface area contributed by atoms with E-state index in [1.165, 1.54) is 0 Å². The molecule has 4 amide bonds. The second-order valence-corrected chi connectivity index (χ2v) is 21.3. The summed E-state index contributed by atoms with van der Waals surface area (Å²) in [5, 5.41) is 0. The van der Waals surface area contributed by atoms with Crippen LogP contribution in [-0.2, 0) is 19.5 Å². The fourth-order valence-corrected chi connectivity index (χ4v) is 12.3. The van der Waals surface area contributed by atoms with Gasteiger partial charge in [-0.05, 0) is 170 Å². The Balaban J connectivity index is 0.722. The van der Waals surface area contributed by atoms with Crippen molar-refractivity contribution in [2.45, 2.75) is 104 Å². The number of amides is 4. The first kappa shape index (κ1) is 48.3. The SMILES string of the molecule is Cc1nc2ccc(-c3cc(C)c4c(c3)CN(C(=O)N3CCCCCC3c3ccc(Cc5ccc(C6CCCCN6C(=O)N6CCOc7c(C)cc(-c8ccc9nc(C)[nH]c9c8)cc7C6)cc5F)cc3)CCO4)cc2[nH]1. The first-order valence-electron chi connectivity index (χ1n) is 26.9. The minimum absolute atomic E-state index is 0.0328. The number of H-pyrrole nitrogens is 2. The number of aryl methyl sites for hydroxylation is 4. The maximum atomic E-state index is 16.3. The summed E-state index contributed by atoms with van der Waals surface area (Å²) in [6.45, 7) is 12.0. The van der Waals surface area contributed by atoms with Gasteiger partial charge in [0.2, 0.25) is 0 Å². The number of benzene rings is 6. The lowest BCUT2D eigenvalue weighted by atomic mass is 9.93. The number of carbonyl (C=O) groups is 2. The van der Waals surface area contributed by atoms with E-state index in [9.17, 15) is 9.59 Å². The van der Waals surface area contributed by atoms with Gasteiger partial charge in [-0.3, -0.25) is 0 Å². The molecule has 8 aromatic rings. The van der Waals surface area contributed by atoms with Crippen molar-refractivity contribution in [3.8, 4) is 33.8 Å². The zero-order chi connectivity index (χ0) is 51.3. The molecule has 2 atom stereocenters. The van der Waals surface area contributed by atoms with Gasteiger partial charge in [0, 0.05) is 30.6 Å². The number of urea groups is 2. The molecule has 6 aromatic carbocycles. The second-order valence-electron chi connectivity index (χ2n) is 21.3. The summed E-state index contributed by atoms with van der Waals surface area (Å²) in [5.74, 6) is 3.19. The number of carbonyl (C=O) groups excluding carboxylic acids is 2. The first-order valence-corrected chi connectivity index (χ1v) is 26.9. The van der Waals surface area contributed by atoms with Crippen molar-refractivity contribution in [1.29, 1.82) is 0 Å². The highest BCUT2D eigenvalue weighted by Gasteiger charge is 2.35. The predicted octanol–water partition coefficient (Wildman–Crippen LogP) is 13.2. The molecule has 0 bridgehead atoms. The number of aromatic nitrogens is 4. The van der Waals surface area contributed by atoms with Gasteiger partial charge in [-0.25, -0.2) is 23.9 Å². The van der Waals surface area contributed by atoms with Gasteiger partial charge in [-0.15, -0.1) is 0 Å². The zero-order valence-corrected chi connectivity index (χ0v) is 43.5. The maximum Gasteiger partial charge on any atom is 0.320 e. The molecule has 2 fully saturated rings. The molecule has 0 aliphatic carbocycles. The van der Waals surface area contributed by atoms with E-state index in [0.29, 0.717) is 64.5 Å². The summed E-state index contributed by atoms with van der Waals surface area (Å²) in [4.78, 5) is 53.1. The van der Waals surface area contributed by atoms with Crippen molar-refractivity contribution in [2.75, 3.05) is 39.4 Å². The topological polar surface area (TPSA) is 123 Å². The molecule has 13 heteroatoms. The van der Waals surface area contributed by atoms with Crippen molar-refractivity contribution in [2.24, 2.45) is 0 Å². The Kier molecular flexibility index (Phi) is 13.0. The number of rotatable bonds is 6. The summed E-state index contributed by atoms with van der Waals surface area (Å²) in [6, 6.07) is 34.9. The van der Waals surface area contributed by atoms with Crippen LogP contribution in [0.2, 0.25) is 0 Å². The number of fused-ring (bicyclic) bond motifs is 4. The summed E-state index contributed by atoms with van der Waals surface area (Å²) in [7, 11) is 0. The Morgan fingerprint density at radius 2 is 1.07 bits per heavy atom. The molecule has 6 heterocycles. The van der Waals surface area contributed by atoms with Crippen LogP contribution in [0.15, 0.2) is 103 Å². The summed E-state index contributed by atoms with van der Waals surface area (Å²) >= 11 is 0. The van der Waals surface area contributed by atoms with Crippen LogP contribution in [-0.4, -0.2) is 91.0 Å². The number of ether oxygens (including phenoxy) is 2. The van der Waals surface area contributed by atoms with E-state index in [2.05, 4.69) is 111 Å². The number of hydrogen-bond acceptors (Lipinski definition) is 6. The van der Waals surface area contributed by atoms with Crippen molar-refractivity contribution >= 4 is 34.1 Å². The fourth-order valence-electron chi connectivity index (χ4n) is 12.3. The molecule has 12 rings (SSSR count). The molecule has 384 valence electrons. The number of likely N-dealkylation sites (tertiary alicyclic amines) is 2. The fraction of sp³-hybridized carbons (Fsp3) is 0.355. The van der Waals surface area contributed by atoms with Gasteiger partial charge < -0.3 is 39.0 Å². The van der Waals surface area contributed by atoms with Crippen LogP contribution in [0.25, 0.3) is 44.3 Å². The summed E-state index contributed by atoms with van der Waals surface area (Å²) in [5.41, 5.74) is 15.8. The van der Waals surface area contributed by atoms with Gasteiger partial charge in [0.05, 0.1) is 60.3 Å². The molecule has 2 N–H and O–H groups in total. The van der Waals surface area contributed by atoms with Gasteiger partial charge in [0.15, 0.2) is 0 Å². The van der Waals surface area contributed by atoms with Crippen molar-refractivity contribution in [3.63, 3.8) is 0 Å². The van der Waals surface area contributed by atoms with Crippen LogP contribution in [0, 0.1) is 33.5 Å². The molecular formula is C62H65FN8O4. The molecule has 2 aromatic heterocycles. The standard InChI is InChI=1S/C62H65FN8O4/c1-38-28-48(44-18-20-53-55(34-44)66-40(3)64-53)31-50-36-68(24-26-74-59(38)50)61(72)70-22-8-5-6-10-57(70)43-14-12-42(13-15-43)30-46-16-17-47(33-52(46)63)58-11-7-9-23-71(58)62(73)69-25-27-75-60-39(2)29-49(32-51(60)37-69)45-19-21-54-56(35-45)67-41(4)65-54/h12-21,28-29,31-35,57-58H,5-11,22-27,30,36-37H2,1-4H3,(H,64,66)(H,65,67). The molecule has 0 spiro atoms. The van der Waals surface area contributed by atoms with Crippen LogP contribution < -0.4 is 9.47 Å². The average Bonchev–Trinajstić information content (AvgIpc) is 3.64. The van der Waals surface area contributed by atoms with Crippen molar-refractivity contribution < 1.29 is 23.5 Å². The summed E-state index contributed by atoms with van der Waals surface area (Å²) in [6.07, 6.45) is 7.02. The summed E-state index contributed by atoms with van der Waals surface area (Å²) < 4.78 is 29.0. The highest BCUT2D eigenvalue weighted by Crippen LogP contribution is 2.39. The number of imidazole rings is 2. The molecule has 0 radical (unpaired) electrons. The van der Waals surface area contributed by atoms with Gasteiger partial charge in [-0.1, -0.05) is 61.4 Å². The van der Waals surface area contributed by atoms with Crippen LogP contribution in [0.3, 0.4) is 0 Å². The van der Waals surface area contributed by atoms with E-state index in [4.69, 9.17) is 9.47 Å². The van der Waals surface area contributed by atoms with E-state index in [1.807, 2.05) is 52.8 Å². The van der Waals surface area contributed by atoms with E-state index in [1.54, 1.807) is 6.07 Å². The molecule has 75 heavy (non-hydrogen) atoms. The second kappa shape index (κ2) is 20.2. The van der Waals surface area contributed by atoms with Gasteiger partial charge in [0.1, 0.15) is 42.2 Å². The normalized spacial score (nSPS) is 18.2. The van der Waals surface area contributed by atoms with Crippen LogP contribution >= 0.6 is 0 Å². The molecule has 2 unspecified atom stereocenters. The number of nitrogens with zero attached hydrogens (tertiary/aromatic N) is 6. The average molecular weight is 1010 g/mol. The lowest BCUT2D eigenvalue weighted by molar-refractivity contribution is 0.110. The highest BCUT2D eigenvalue weighted by molar-refractivity contribution is 5.84. The Bertz CT molecular complexity index is 3470. The monoisotopic (exact) mass is 1000 g/mol. The van der Waals surface area contributed by atoms with Crippen LogP contribution in [0.5, 0.6) is 11.5 Å². The molecule has 2 saturated heterocycles. The third-order valence-corrected chi connectivity index (χ3v) is 16.0. The third kappa shape index (κ3) is 9.69. The number of aromatic amines is 2.